The Hall–Kier alpha value is -1.55. The minimum Gasteiger partial charge on any atom is -0.391 e. The Labute approximate surface area is 108 Å². The summed E-state index contributed by atoms with van der Waals surface area (Å²) < 4.78 is 0. The zero-order valence-electron chi connectivity index (χ0n) is 11.0. The summed E-state index contributed by atoms with van der Waals surface area (Å²) in [7, 11) is 0. The molecule has 2 atom stereocenters. The Morgan fingerprint density at radius 2 is 2.22 bits per heavy atom. The van der Waals surface area contributed by atoms with Gasteiger partial charge in [0.2, 0.25) is 0 Å². The van der Waals surface area contributed by atoms with Crippen molar-refractivity contribution in [3.63, 3.8) is 0 Å². The number of anilines is 1. The minimum atomic E-state index is -0.306. The van der Waals surface area contributed by atoms with Gasteiger partial charge < -0.3 is 15.7 Å². The largest absolute Gasteiger partial charge is 0.391 e. The van der Waals surface area contributed by atoms with E-state index in [0.717, 1.165) is 29.8 Å². The standard InChI is InChI=1S/C14H21N3O/c1-9-3-4-11(14(15)16)12(7-9)17-6-5-10(2)13(18)8-17/h3-4,7,10,13,18H,5-6,8H2,1-2H3,(H3,15,16). The van der Waals surface area contributed by atoms with Gasteiger partial charge in [-0.25, -0.2) is 0 Å². The monoisotopic (exact) mass is 247 g/mol. The molecule has 2 unspecified atom stereocenters. The number of hydrogen-bond donors (Lipinski definition) is 3. The average Bonchev–Trinajstić information content (AvgIpc) is 2.32. The van der Waals surface area contributed by atoms with Crippen LogP contribution in [0.2, 0.25) is 0 Å². The third-order valence-corrected chi connectivity index (χ3v) is 3.70. The van der Waals surface area contributed by atoms with Crippen LogP contribution < -0.4 is 10.6 Å². The number of nitrogens with one attached hydrogen (secondary N) is 1. The first-order valence-corrected chi connectivity index (χ1v) is 6.37. The Bertz CT molecular complexity index is 458. The zero-order valence-corrected chi connectivity index (χ0v) is 11.0. The van der Waals surface area contributed by atoms with Crippen molar-refractivity contribution in [1.29, 1.82) is 5.41 Å². The summed E-state index contributed by atoms with van der Waals surface area (Å²) in [6.45, 7) is 5.62. The van der Waals surface area contributed by atoms with Crippen LogP contribution in [0.3, 0.4) is 0 Å². The third kappa shape index (κ3) is 2.48. The van der Waals surface area contributed by atoms with E-state index >= 15 is 0 Å². The molecule has 0 radical (unpaired) electrons. The molecule has 1 aliphatic heterocycles. The predicted octanol–water partition coefficient (Wildman–Crippen LogP) is 1.49. The SMILES string of the molecule is Cc1ccc(C(=N)N)c(N2CCC(C)C(O)C2)c1. The summed E-state index contributed by atoms with van der Waals surface area (Å²) in [5.41, 5.74) is 8.49. The highest BCUT2D eigenvalue weighted by Crippen LogP contribution is 2.27. The van der Waals surface area contributed by atoms with Gasteiger partial charge in [-0.2, -0.15) is 0 Å². The number of nitrogen functional groups attached to an aromatic ring is 1. The van der Waals surface area contributed by atoms with Gasteiger partial charge in [0, 0.05) is 24.3 Å². The number of rotatable bonds is 2. The highest BCUT2D eigenvalue weighted by Gasteiger charge is 2.25. The maximum Gasteiger partial charge on any atom is 0.124 e. The second kappa shape index (κ2) is 4.98. The molecule has 1 aromatic carbocycles. The number of aryl methyl sites for hydroxylation is 1. The van der Waals surface area contributed by atoms with Gasteiger partial charge in [-0.05, 0) is 37.0 Å². The van der Waals surface area contributed by atoms with E-state index in [9.17, 15) is 5.11 Å². The molecule has 98 valence electrons. The fraction of sp³-hybridized carbons (Fsp3) is 0.500. The van der Waals surface area contributed by atoms with E-state index < -0.39 is 0 Å². The molecule has 0 aromatic heterocycles. The van der Waals surface area contributed by atoms with Crippen molar-refractivity contribution in [2.24, 2.45) is 11.7 Å². The van der Waals surface area contributed by atoms with Crippen molar-refractivity contribution in [2.75, 3.05) is 18.0 Å². The van der Waals surface area contributed by atoms with Crippen LogP contribution in [0.4, 0.5) is 5.69 Å². The average molecular weight is 247 g/mol. The van der Waals surface area contributed by atoms with Crippen molar-refractivity contribution in [1.82, 2.24) is 0 Å². The lowest BCUT2D eigenvalue weighted by Gasteiger charge is -2.36. The molecule has 0 aliphatic carbocycles. The van der Waals surface area contributed by atoms with Gasteiger partial charge in [0.05, 0.1) is 6.10 Å². The molecule has 0 spiro atoms. The van der Waals surface area contributed by atoms with Crippen molar-refractivity contribution in [3.05, 3.63) is 29.3 Å². The van der Waals surface area contributed by atoms with E-state index in [1.807, 2.05) is 25.1 Å². The first kappa shape index (κ1) is 12.9. The van der Waals surface area contributed by atoms with E-state index in [1.54, 1.807) is 0 Å². The molecule has 18 heavy (non-hydrogen) atoms. The molecule has 0 amide bonds. The fourth-order valence-corrected chi connectivity index (χ4v) is 2.40. The molecule has 0 saturated carbocycles. The summed E-state index contributed by atoms with van der Waals surface area (Å²) in [4.78, 5) is 2.13. The molecule has 1 fully saturated rings. The van der Waals surface area contributed by atoms with E-state index in [-0.39, 0.29) is 11.9 Å². The van der Waals surface area contributed by atoms with Gasteiger partial charge in [0.15, 0.2) is 0 Å². The van der Waals surface area contributed by atoms with Gasteiger partial charge in [-0.1, -0.05) is 13.0 Å². The Morgan fingerprint density at radius 1 is 1.50 bits per heavy atom. The van der Waals surface area contributed by atoms with Crippen LogP contribution in [0.15, 0.2) is 18.2 Å². The lowest BCUT2D eigenvalue weighted by Crippen LogP contribution is -2.43. The van der Waals surface area contributed by atoms with Crippen molar-refractivity contribution in [2.45, 2.75) is 26.4 Å². The first-order chi connectivity index (χ1) is 8.49. The van der Waals surface area contributed by atoms with Crippen LogP contribution in [0.1, 0.15) is 24.5 Å². The number of nitrogens with two attached hydrogens (primary N) is 1. The van der Waals surface area contributed by atoms with E-state index in [1.165, 1.54) is 0 Å². The molecule has 1 saturated heterocycles. The number of nitrogens with zero attached hydrogens (tertiary/aromatic N) is 1. The number of β-amino-alcohol motifs (C(OH)–C–C–N with tert-alkyl or cyclic N) is 1. The normalized spacial score (nSPS) is 24.1. The van der Waals surface area contributed by atoms with Gasteiger partial charge in [0.25, 0.3) is 0 Å². The van der Waals surface area contributed by atoms with Crippen molar-refractivity contribution in [3.8, 4) is 0 Å². The van der Waals surface area contributed by atoms with Crippen molar-refractivity contribution >= 4 is 11.5 Å². The molecule has 2 rings (SSSR count). The Morgan fingerprint density at radius 3 is 2.83 bits per heavy atom. The summed E-state index contributed by atoms with van der Waals surface area (Å²) in [5, 5.41) is 17.6. The molecule has 1 heterocycles. The van der Waals surface area contributed by atoms with Crippen LogP contribution in [0, 0.1) is 18.3 Å². The van der Waals surface area contributed by atoms with Gasteiger partial charge in [0.1, 0.15) is 5.84 Å². The molecule has 4 nitrogen and oxygen atoms in total. The lowest BCUT2D eigenvalue weighted by molar-refractivity contribution is 0.103. The zero-order chi connectivity index (χ0) is 13.3. The van der Waals surface area contributed by atoms with Gasteiger partial charge in [-0.3, -0.25) is 5.41 Å². The molecule has 1 aromatic rings. The number of benzene rings is 1. The summed E-state index contributed by atoms with van der Waals surface area (Å²) in [6, 6.07) is 5.89. The van der Waals surface area contributed by atoms with E-state index in [2.05, 4.69) is 11.8 Å². The lowest BCUT2D eigenvalue weighted by atomic mass is 9.94. The molecule has 4 N–H and O–H groups in total. The van der Waals surface area contributed by atoms with Crippen LogP contribution >= 0.6 is 0 Å². The topological polar surface area (TPSA) is 73.3 Å². The second-order valence-corrected chi connectivity index (χ2v) is 5.21. The maximum atomic E-state index is 9.98. The Kier molecular flexibility index (Phi) is 3.57. The highest BCUT2D eigenvalue weighted by atomic mass is 16.3. The van der Waals surface area contributed by atoms with Crippen LogP contribution in [0.5, 0.6) is 0 Å². The molecule has 4 heteroatoms. The maximum absolute atomic E-state index is 9.98. The van der Waals surface area contributed by atoms with E-state index in [0.29, 0.717) is 12.5 Å². The summed E-state index contributed by atoms with van der Waals surface area (Å²) in [5.74, 6) is 0.421. The van der Waals surface area contributed by atoms with Crippen LogP contribution in [-0.2, 0) is 0 Å². The number of hydrogen-bond acceptors (Lipinski definition) is 3. The predicted molar refractivity (Wildman–Crippen MR) is 74.2 cm³/mol. The quantitative estimate of drug-likeness (QED) is 0.547. The Balaban J connectivity index is 2.32. The van der Waals surface area contributed by atoms with Gasteiger partial charge >= 0.3 is 0 Å². The molecular weight excluding hydrogens is 226 g/mol. The molecule has 0 bridgehead atoms. The number of aliphatic hydroxyl groups is 1. The van der Waals surface area contributed by atoms with Crippen molar-refractivity contribution < 1.29 is 5.11 Å². The van der Waals surface area contributed by atoms with Gasteiger partial charge in [-0.15, -0.1) is 0 Å². The first-order valence-electron chi connectivity index (χ1n) is 6.37. The number of piperidine rings is 1. The summed E-state index contributed by atoms with van der Waals surface area (Å²) in [6.07, 6.45) is 0.658. The summed E-state index contributed by atoms with van der Waals surface area (Å²) >= 11 is 0. The van der Waals surface area contributed by atoms with Crippen LogP contribution in [-0.4, -0.2) is 30.1 Å². The second-order valence-electron chi connectivity index (χ2n) is 5.21. The van der Waals surface area contributed by atoms with E-state index in [4.69, 9.17) is 11.1 Å². The smallest absolute Gasteiger partial charge is 0.124 e. The number of aliphatic hydroxyl groups excluding tert-OH is 1. The number of amidine groups is 1. The van der Waals surface area contributed by atoms with Crippen LogP contribution in [0.25, 0.3) is 0 Å². The third-order valence-electron chi connectivity index (χ3n) is 3.70. The minimum absolute atomic E-state index is 0.0816. The molecular formula is C14H21N3O. The molecule has 1 aliphatic rings. The highest BCUT2D eigenvalue weighted by molar-refractivity contribution is 6.00. The fourth-order valence-electron chi connectivity index (χ4n) is 2.40.